The molecule has 6 rings (SSSR count). The van der Waals surface area contributed by atoms with Gasteiger partial charge in [-0.3, -0.25) is 53.0 Å². The first-order chi connectivity index (χ1) is 53.3. The molecule has 35 heteroatoms. The largest absolute Gasteiger partial charge is 0.479 e. The van der Waals surface area contributed by atoms with Gasteiger partial charge in [0.25, 0.3) is 0 Å². The zero-order valence-corrected chi connectivity index (χ0v) is 66.3. The number of anilines is 1. The van der Waals surface area contributed by atoms with Crippen LogP contribution >= 0.6 is 0 Å². The summed E-state index contributed by atoms with van der Waals surface area (Å²) in [5.41, 5.74) is 1.08. The molecule has 0 aromatic heterocycles. The Kier molecular flexibility index (Phi) is 35.5. The van der Waals surface area contributed by atoms with Crippen molar-refractivity contribution in [3.05, 3.63) is 65.7 Å². The van der Waals surface area contributed by atoms with Crippen LogP contribution in [-0.4, -0.2) is 296 Å². The first-order valence-corrected chi connectivity index (χ1v) is 38.3. The van der Waals surface area contributed by atoms with E-state index >= 15 is 0 Å². The van der Waals surface area contributed by atoms with Crippen LogP contribution in [0.25, 0.3) is 0 Å². The number of unbranched alkanes of at least 4 members (excludes halogenated alkanes) is 2. The number of carbonyl (C=O) groups is 11. The van der Waals surface area contributed by atoms with E-state index in [1.54, 1.807) is 97.7 Å². The van der Waals surface area contributed by atoms with E-state index in [1.165, 1.54) is 50.4 Å². The van der Waals surface area contributed by atoms with Crippen LogP contribution in [0.5, 0.6) is 0 Å². The number of carboxylic acids is 1. The number of carbonyl (C=O) groups excluding carboxylic acids is 10. The lowest BCUT2D eigenvalue weighted by Gasteiger charge is -2.41. The van der Waals surface area contributed by atoms with Crippen molar-refractivity contribution in [3.63, 3.8) is 0 Å². The molecule has 628 valence electrons. The summed E-state index contributed by atoms with van der Waals surface area (Å²) in [6, 6.07) is 7.11. The highest BCUT2D eigenvalue weighted by Gasteiger charge is 2.51. The Bertz CT molecular complexity index is 3490. The summed E-state index contributed by atoms with van der Waals surface area (Å²) < 4.78 is 48.3. The number of nitrogens with one attached hydrogen (secondary N) is 5. The molecule has 0 spiro atoms. The summed E-state index contributed by atoms with van der Waals surface area (Å²) in [6.45, 7) is 15.9. The number of amides is 10. The second-order valence-electron chi connectivity index (χ2n) is 30.3. The van der Waals surface area contributed by atoms with Crippen molar-refractivity contribution < 1.29 is 128 Å². The summed E-state index contributed by atoms with van der Waals surface area (Å²) >= 11 is 0. The Labute approximate surface area is 654 Å². The highest BCUT2D eigenvalue weighted by atomic mass is 16.7. The van der Waals surface area contributed by atoms with Crippen molar-refractivity contribution in [1.29, 1.82) is 0 Å². The first kappa shape index (κ1) is 91.3. The van der Waals surface area contributed by atoms with Gasteiger partial charge in [0.05, 0.1) is 55.9 Å². The summed E-state index contributed by atoms with van der Waals surface area (Å²) in [5, 5.41) is 96.5. The Hall–Kier alpha value is -7.91. The zero-order valence-electron chi connectivity index (χ0n) is 67.3. The summed E-state index contributed by atoms with van der Waals surface area (Å²) in [6.07, 6.45) is -20.5. The summed E-state index contributed by atoms with van der Waals surface area (Å²) in [4.78, 5) is 155. The van der Waals surface area contributed by atoms with E-state index in [4.69, 9.17) is 34.5 Å². The van der Waals surface area contributed by atoms with Gasteiger partial charge in [-0.15, -0.1) is 0 Å². The van der Waals surface area contributed by atoms with Crippen LogP contribution in [0.2, 0.25) is 0 Å². The number of benzene rings is 2. The van der Waals surface area contributed by atoms with E-state index in [2.05, 4.69) is 26.6 Å². The molecular formula is C77H119N9O26. The van der Waals surface area contributed by atoms with Crippen LogP contribution in [0.3, 0.4) is 0 Å². The van der Waals surface area contributed by atoms with E-state index in [0.29, 0.717) is 56.2 Å². The van der Waals surface area contributed by atoms with Crippen molar-refractivity contribution in [2.75, 3.05) is 59.9 Å². The second-order valence-corrected chi connectivity index (χ2v) is 30.3. The quantitative estimate of drug-likeness (QED) is 0.0320. The molecule has 4 aliphatic heterocycles. The van der Waals surface area contributed by atoms with Crippen molar-refractivity contribution in [2.24, 2.45) is 29.6 Å². The maximum Gasteiger partial charge on any atom is 0.410 e. The average molecular weight is 1590 g/mol. The molecule has 10 amide bonds. The molecule has 4 heterocycles. The molecule has 2 aromatic rings. The molecular weight excluding hydrogens is 1470 g/mol. The number of ether oxygens (including phenoxy) is 7. The van der Waals surface area contributed by atoms with E-state index in [9.17, 15) is 93.6 Å². The third-order valence-corrected chi connectivity index (χ3v) is 21.2. The fourth-order valence-corrected chi connectivity index (χ4v) is 14.5. The lowest BCUT2D eigenvalue weighted by molar-refractivity contribution is -0.307. The fourth-order valence-electron chi connectivity index (χ4n) is 14.5. The number of likely N-dealkylation sites (N-methyl/N-ethyl adjacent to an activating group) is 2. The predicted molar refractivity (Wildman–Crippen MR) is 400 cm³/mol. The number of nitrogens with zero attached hydrogens (tertiary/aromatic N) is 4. The Morgan fingerprint density at radius 2 is 1.33 bits per heavy atom. The van der Waals surface area contributed by atoms with Gasteiger partial charge in [-0.2, -0.15) is 0 Å². The monoisotopic (exact) mass is 1590 g/mol. The van der Waals surface area contributed by atoms with Gasteiger partial charge in [0, 0.05) is 67.7 Å². The number of likely N-dealkylation sites (tertiary alicyclic amines) is 2. The first-order valence-electron chi connectivity index (χ1n) is 38.8. The van der Waals surface area contributed by atoms with Gasteiger partial charge < -0.3 is 110 Å². The van der Waals surface area contributed by atoms with Gasteiger partial charge in [-0.25, -0.2) is 9.59 Å². The van der Waals surface area contributed by atoms with Gasteiger partial charge in [0.15, 0.2) is 18.7 Å². The molecule has 0 aliphatic carbocycles. The SMILES string of the molecule is [3H]C1CC(=O)N(CCCCCC(=O)NC(C(=O)NC(COC2OC(CO)C(O)C(O)C2O)C(=O)Nc2ccc(COC(=O)N(C)C(C(=O)NC(C(=O)N(C)C(C(C)CC)C(CC(=O)N3CCCC3C(OC)C(C)C(=O)NC(C)C(OC3OC(C(=O)O)C(O)C(O)C3O)c3ccccc3)OC)C(C)C)C(C)C)cc2)C(C)C)C1=O. The van der Waals surface area contributed by atoms with Crippen LogP contribution < -0.4 is 26.6 Å². The van der Waals surface area contributed by atoms with Gasteiger partial charge in [-0.05, 0) is 79.5 Å². The third kappa shape index (κ3) is 24.3. The zero-order chi connectivity index (χ0) is 84.2. The van der Waals surface area contributed by atoms with Crippen molar-refractivity contribution in [3.8, 4) is 0 Å². The van der Waals surface area contributed by atoms with Gasteiger partial charge >= 0.3 is 12.1 Å². The highest BCUT2D eigenvalue weighted by molar-refractivity contribution is 6.02. The maximum absolute atomic E-state index is 15.0. The number of carboxylic acid groups (broad SMARTS) is 1. The minimum absolute atomic E-state index is 0.0344. The molecule has 23 unspecified atom stereocenters. The number of rotatable bonds is 41. The second kappa shape index (κ2) is 43.5. The fraction of sp³-hybridized carbons (Fsp3) is 0.701. The Balaban J connectivity index is 1.07. The predicted octanol–water partition coefficient (Wildman–Crippen LogP) is 0.585. The number of methoxy groups -OCH3 is 2. The summed E-state index contributed by atoms with van der Waals surface area (Å²) in [7, 11) is 5.83. The molecule has 23 atom stereocenters. The summed E-state index contributed by atoms with van der Waals surface area (Å²) in [5.74, 6) is -9.55. The maximum atomic E-state index is 15.0. The van der Waals surface area contributed by atoms with Crippen molar-refractivity contribution in [2.45, 2.75) is 262 Å². The number of aliphatic hydroxyl groups excluding tert-OH is 7. The molecule has 4 aliphatic rings. The van der Waals surface area contributed by atoms with Crippen LogP contribution in [0.15, 0.2) is 54.6 Å². The van der Waals surface area contributed by atoms with E-state index in [-0.39, 0.29) is 49.9 Å². The van der Waals surface area contributed by atoms with E-state index in [1.807, 2.05) is 13.8 Å². The Morgan fingerprint density at radius 1 is 0.688 bits per heavy atom. The molecule has 0 saturated carbocycles. The minimum Gasteiger partial charge on any atom is -0.479 e. The molecule has 4 saturated heterocycles. The Morgan fingerprint density at radius 3 is 1.91 bits per heavy atom. The lowest BCUT2D eigenvalue weighted by Crippen LogP contribution is -2.61. The van der Waals surface area contributed by atoms with Crippen LogP contribution in [0, 0.1) is 29.6 Å². The van der Waals surface area contributed by atoms with E-state index < -0.39 is 225 Å². The molecule has 13 N–H and O–H groups in total. The average Bonchev–Trinajstić information content (AvgIpc) is 1.48. The molecule has 35 nitrogen and oxygen atoms in total. The van der Waals surface area contributed by atoms with Crippen LogP contribution in [0.4, 0.5) is 10.5 Å². The number of hydrogen-bond donors (Lipinski definition) is 13. The molecule has 0 radical (unpaired) electrons. The van der Waals surface area contributed by atoms with Gasteiger partial charge in [-0.1, -0.05) is 118 Å². The lowest BCUT2D eigenvalue weighted by atomic mass is 9.89. The molecule has 112 heavy (non-hydrogen) atoms. The number of hydrogen-bond acceptors (Lipinski definition) is 25. The van der Waals surface area contributed by atoms with Crippen molar-refractivity contribution >= 4 is 70.9 Å². The number of aliphatic carboxylic acids is 1. The standard InChI is InChI=1S/C77H119N9O26/c1-15-42(8)59(50(106-13)35-55(91)85-34-22-25-49(85)66(107-14)43(9)69(98)78-44(10)67(46-23-18-16-19-24-46)111-76-65(97)62(94)63(95)68(112-76)74(103)104)83(11)73(102)57(40(4)5)82-72(101)58(41(6)7)84(12)77(105)109-37-45-27-29-47(30-28-45)79-70(99)48(38-108-75-64(96)61(93)60(92)51(36-87)110-75)80-71(100)56(39(2)3)81-52(88)26-20-17-21-33-86-53(89)31-32-54(86)90/h16,18-19,23-24,27-30,39-44,48-51,56-68,75-76,87,92-97H,15,17,20-22,25-26,31-38H2,1-14H3,(H,78,98)(H,79,99)(H,80,100)(H,81,88)(H,82,101)(H,103,104)/i31T. The molecule has 0 bridgehead atoms. The van der Waals surface area contributed by atoms with Gasteiger partial charge in [0.1, 0.15) is 79.6 Å². The smallest absolute Gasteiger partial charge is 0.410 e. The number of aliphatic hydroxyl groups is 7. The topological polar surface area (TPSA) is 487 Å². The van der Waals surface area contributed by atoms with Crippen LogP contribution in [-0.2, 0) is 87.7 Å². The molecule has 4 fully saturated rings. The van der Waals surface area contributed by atoms with E-state index in [0.717, 1.165) is 9.80 Å². The number of imide groups is 1. The highest BCUT2D eigenvalue weighted by Crippen LogP contribution is 2.34. The normalized spacial score (nSPS) is 25.8. The third-order valence-electron chi connectivity index (χ3n) is 21.2. The van der Waals surface area contributed by atoms with Crippen LogP contribution in [0.1, 0.15) is 152 Å². The minimum atomic E-state index is -1.96. The van der Waals surface area contributed by atoms with Gasteiger partial charge in [0.2, 0.25) is 53.2 Å². The molecule has 2 aromatic carbocycles. The van der Waals surface area contributed by atoms with Crippen molar-refractivity contribution in [1.82, 2.24) is 40.9 Å².